The lowest BCUT2D eigenvalue weighted by atomic mass is 10.1. The first kappa shape index (κ1) is 20.6. The average molecular weight is 356 g/mol. The van der Waals surface area contributed by atoms with E-state index < -0.39 is 14.8 Å². The molecule has 136 valence electrons. The van der Waals surface area contributed by atoms with Crippen LogP contribution < -0.4 is 0 Å². The smallest absolute Gasteiger partial charge is 0.258 e. The molecule has 0 heterocycles. The Hall–Kier alpha value is -1.43. The highest BCUT2D eigenvalue weighted by atomic mass is 32.2. The predicted molar refractivity (Wildman–Crippen MR) is 97.0 cm³/mol. The number of sulfone groups is 1. The van der Waals surface area contributed by atoms with Gasteiger partial charge < -0.3 is 0 Å². The quantitative estimate of drug-likeness (QED) is 0.274. The molecule has 0 radical (unpaired) electrons. The Morgan fingerprint density at radius 3 is 1.92 bits per heavy atom. The summed E-state index contributed by atoms with van der Waals surface area (Å²) in [6.07, 6.45) is 11.2. The number of benzene rings is 1. The molecule has 24 heavy (non-hydrogen) atoms. The standard InChI is InChI=1S/C18H29NO4S/c1-2-3-4-5-6-7-8-9-10-13-16-24(22,23)18-15-12-11-14-17(18)19(20)21/h11-12,14-15H,2-10,13,16H2,1H3. The van der Waals surface area contributed by atoms with E-state index in [4.69, 9.17) is 0 Å². The van der Waals surface area contributed by atoms with Crippen LogP contribution in [0.25, 0.3) is 0 Å². The summed E-state index contributed by atoms with van der Waals surface area (Å²) in [5.74, 6) is -0.0195. The van der Waals surface area contributed by atoms with Crippen molar-refractivity contribution in [1.82, 2.24) is 0 Å². The van der Waals surface area contributed by atoms with Gasteiger partial charge in [-0.15, -0.1) is 0 Å². The fourth-order valence-corrected chi connectivity index (χ4v) is 4.31. The number of nitrogens with zero attached hydrogens (tertiary/aromatic N) is 1. The van der Waals surface area contributed by atoms with Gasteiger partial charge in [-0.3, -0.25) is 10.1 Å². The van der Waals surface area contributed by atoms with Gasteiger partial charge in [-0.05, 0) is 12.5 Å². The molecule has 0 atom stereocenters. The van der Waals surface area contributed by atoms with Crippen LogP contribution in [0.15, 0.2) is 29.2 Å². The first-order valence-corrected chi connectivity index (χ1v) is 10.6. The second kappa shape index (κ2) is 11.2. The van der Waals surface area contributed by atoms with Crippen LogP contribution >= 0.6 is 0 Å². The molecule has 1 aromatic carbocycles. The Kier molecular flexibility index (Phi) is 9.60. The molecular weight excluding hydrogens is 326 g/mol. The van der Waals surface area contributed by atoms with Crippen LogP contribution in [-0.2, 0) is 9.84 Å². The van der Waals surface area contributed by atoms with Gasteiger partial charge in [-0.25, -0.2) is 8.42 Å². The van der Waals surface area contributed by atoms with Gasteiger partial charge in [0.15, 0.2) is 9.84 Å². The van der Waals surface area contributed by atoms with Gasteiger partial charge in [0.2, 0.25) is 0 Å². The lowest BCUT2D eigenvalue weighted by Gasteiger charge is -2.05. The number of hydrogen-bond acceptors (Lipinski definition) is 4. The molecule has 0 N–H and O–H groups in total. The van der Waals surface area contributed by atoms with Crippen molar-refractivity contribution in [3.63, 3.8) is 0 Å². The average Bonchev–Trinajstić information content (AvgIpc) is 2.56. The largest absolute Gasteiger partial charge is 0.287 e. The molecule has 0 spiro atoms. The van der Waals surface area contributed by atoms with Crippen molar-refractivity contribution in [3.8, 4) is 0 Å². The molecule has 0 bridgehead atoms. The number of nitro groups is 1. The maximum absolute atomic E-state index is 12.3. The fourth-order valence-electron chi connectivity index (χ4n) is 2.76. The summed E-state index contributed by atoms with van der Waals surface area (Å²) in [6.45, 7) is 2.21. The lowest BCUT2D eigenvalue weighted by Crippen LogP contribution is -2.09. The normalized spacial score (nSPS) is 11.5. The van der Waals surface area contributed by atoms with Crippen molar-refractivity contribution in [2.75, 3.05) is 5.75 Å². The molecule has 0 fully saturated rings. The molecule has 0 aliphatic heterocycles. The minimum atomic E-state index is -3.59. The van der Waals surface area contributed by atoms with Gasteiger partial charge in [0, 0.05) is 6.07 Å². The summed E-state index contributed by atoms with van der Waals surface area (Å²) >= 11 is 0. The number of unbranched alkanes of at least 4 members (excludes halogenated alkanes) is 9. The van der Waals surface area contributed by atoms with Crippen molar-refractivity contribution in [1.29, 1.82) is 0 Å². The summed E-state index contributed by atoms with van der Waals surface area (Å²) < 4.78 is 24.6. The second-order valence-corrected chi connectivity index (χ2v) is 8.30. The highest BCUT2D eigenvalue weighted by molar-refractivity contribution is 7.91. The highest BCUT2D eigenvalue weighted by Crippen LogP contribution is 2.25. The molecule has 6 heteroatoms. The summed E-state index contributed by atoms with van der Waals surface area (Å²) in [5, 5.41) is 11.0. The molecule has 0 aromatic heterocycles. The Labute approximate surface area is 145 Å². The number of hydrogen-bond donors (Lipinski definition) is 0. The zero-order valence-corrected chi connectivity index (χ0v) is 15.4. The van der Waals surface area contributed by atoms with Crippen LogP contribution in [0.4, 0.5) is 5.69 Å². The number of para-hydroxylation sites is 1. The van der Waals surface area contributed by atoms with E-state index in [0.29, 0.717) is 6.42 Å². The van der Waals surface area contributed by atoms with E-state index in [0.717, 1.165) is 19.3 Å². The maximum Gasteiger partial charge on any atom is 0.287 e. The lowest BCUT2D eigenvalue weighted by molar-refractivity contribution is -0.387. The summed E-state index contributed by atoms with van der Waals surface area (Å²) in [6, 6.07) is 5.57. The monoisotopic (exact) mass is 355 g/mol. The zero-order chi connectivity index (χ0) is 17.8. The Balaban J connectivity index is 2.29. The van der Waals surface area contributed by atoms with Crippen molar-refractivity contribution < 1.29 is 13.3 Å². The Morgan fingerprint density at radius 1 is 0.875 bits per heavy atom. The minimum Gasteiger partial charge on any atom is -0.258 e. The molecule has 1 rings (SSSR count). The summed E-state index contributed by atoms with van der Waals surface area (Å²) in [5.41, 5.74) is -0.329. The van der Waals surface area contributed by atoms with Crippen LogP contribution in [0.5, 0.6) is 0 Å². The summed E-state index contributed by atoms with van der Waals surface area (Å²) in [7, 11) is -3.59. The van der Waals surface area contributed by atoms with E-state index in [1.54, 1.807) is 0 Å². The molecule has 0 saturated carbocycles. The Bertz CT molecular complexity index is 599. The zero-order valence-electron chi connectivity index (χ0n) is 14.6. The summed E-state index contributed by atoms with van der Waals surface area (Å²) in [4.78, 5) is 10.2. The highest BCUT2D eigenvalue weighted by Gasteiger charge is 2.24. The molecule has 0 saturated heterocycles. The van der Waals surface area contributed by atoms with Gasteiger partial charge in [0.05, 0.1) is 10.7 Å². The third-order valence-electron chi connectivity index (χ3n) is 4.16. The first-order valence-electron chi connectivity index (χ1n) is 8.95. The van der Waals surface area contributed by atoms with Crippen LogP contribution in [0.1, 0.15) is 71.1 Å². The molecule has 1 aromatic rings. The van der Waals surface area contributed by atoms with Crippen molar-refractivity contribution >= 4 is 15.5 Å². The van der Waals surface area contributed by atoms with E-state index >= 15 is 0 Å². The van der Waals surface area contributed by atoms with Gasteiger partial charge in [-0.2, -0.15) is 0 Å². The topological polar surface area (TPSA) is 77.3 Å². The Morgan fingerprint density at radius 2 is 1.38 bits per heavy atom. The molecule has 5 nitrogen and oxygen atoms in total. The molecule has 0 aliphatic rings. The van der Waals surface area contributed by atoms with E-state index in [9.17, 15) is 18.5 Å². The van der Waals surface area contributed by atoms with Crippen LogP contribution in [0.2, 0.25) is 0 Å². The van der Waals surface area contributed by atoms with E-state index in [2.05, 4.69) is 6.92 Å². The van der Waals surface area contributed by atoms with Gasteiger partial charge in [0.25, 0.3) is 5.69 Å². The third-order valence-corrected chi connectivity index (χ3v) is 6.01. The third kappa shape index (κ3) is 7.43. The molecule has 0 unspecified atom stereocenters. The van der Waals surface area contributed by atoms with E-state index in [-0.39, 0.29) is 16.3 Å². The van der Waals surface area contributed by atoms with Crippen molar-refractivity contribution in [3.05, 3.63) is 34.4 Å². The SMILES string of the molecule is CCCCCCCCCCCCS(=O)(=O)c1ccccc1[N+](=O)[O-]. The van der Waals surface area contributed by atoms with Crippen LogP contribution in [0.3, 0.4) is 0 Å². The van der Waals surface area contributed by atoms with E-state index in [1.165, 1.54) is 62.8 Å². The van der Waals surface area contributed by atoms with Crippen molar-refractivity contribution in [2.24, 2.45) is 0 Å². The van der Waals surface area contributed by atoms with Crippen LogP contribution in [-0.4, -0.2) is 19.1 Å². The van der Waals surface area contributed by atoms with E-state index in [1.807, 2.05) is 0 Å². The maximum atomic E-state index is 12.3. The first-order chi connectivity index (χ1) is 11.5. The molecule has 0 amide bonds. The van der Waals surface area contributed by atoms with Crippen molar-refractivity contribution in [2.45, 2.75) is 76.0 Å². The predicted octanol–water partition coefficient (Wildman–Crippen LogP) is 5.29. The van der Waals surface area contributed by atoms with Gasteiger partial charge >= 0.3 is 0 Å². The molecule has 0 aliphatic carbocycles. The van der Waals surface area contributed by atoms with Gasteiger partial charge in [-0.1, -0.05) is 76.8 Å². The van der Waals surface area contributed by atoms with Gasteiger partial charge in [0.1, 0.15) is 4.90 Å². The fraction of sp³-hybridized carbons (Fsp3) is 0.667. The number of rotatable bonds is 13. The minimum absolute atomic E-state index is 0.0195. The van der Waals surface area contributed by atoms with Crippen LogP contribution in [0, 0.1) is 10.1 Å². The number of nitro benzene ring substituents is 1. The second-order valence-electron chi connectivity index (χ2n) is 6.23. The molecular formula is C18H29NO4S.